The highest BCUT2D eigenvalue weighted by Gasteiger charge is 2.24. The number of aliphatic hydroxyl groups is 1. The second kappa shape index (κ2) is 5.04. The fraction of sp³-hybridized carbons (Fsp3) is 0.875. The van der Waals surface area contributed by atoms with Crippen molar-refractivity contribution in [2.75, 3.05) is 19.7 Å². The summed E-state index contributed by atoms with van der Waals surface area (Å²) in [7, 11) is 0. The molecule has 0 atom stereocenters. The summed E-state index contributed by atoms with van der Waals surface area (Å²) in [5, 5.41) is 20.1. The Morgan fingerprint density at radius 1 is 1.54 bits per heavy atom. The largest absolute Gasteiger partial charge is 0.409 e. The number of oxime groups is 1. The molecule has 0 bridgehead atoms. The highest BCUT2D eigenvalue weighted by atomic mass is 16.4. The minimum atomic E-state index is 0.120. The monoisotopic (exact) mass is 187 g/mol. The van der Waals surface area contributed by atoms with Gasteiger partial charge in [-0.2, -0.15) is 0 Å². The second-order valence-corrected chi connectivity index (χ2v) is 3.37. The zero-order valence-electron chi connectivity index (χ0n) is 7.69. The molecule has 5 nitrogen and oxygen atoms in total. The van der Waals surface area contributed by atoms with Gasteiger partial charge >= 0.3 is 0 Å². The highest BCUT2D eigenvalue weighted by Crippen LogP contribution is 2.23. The van der Waals surface area contributed by atoms with Crippen molar-refractivity contribution in [3.05, 3.63) is 0 Å². The number of rotatable bonds is 5. The Kier molecular flexibility index (Phi) is 3.98. The van der Waals surface area contributed by atoms with Crippen LogP contribution in [0, 0.1) is 0 Å². The van der Waals surface area contributed by atoms with Crippen molar-refractivity contribution in [3.63, 3.8) is 0 Å². The summed E-state index contributed by atoms with van der Waals surface area (Å²) in [5.74, 6) is 0.209. The Morgan fingerprint density at radius 2 is 2.23 bits per heavy atom. The van der Waals surface area contributed by atoms with E-state index in [2.05, 4.69) is 10.1 Å². The van der Waals surface area contributed by atoms with Crippen LogP contribution < -0.4 is 5.73 Å². The van der Waals surface area contributed by atoms with E-state index in [4.69, 9.17) is 16.0 Å². The third kappa shape index (κ3) is 2.86. The normalized spacial score (nSPS) is 19.1. The summed E-state index contributed by atoms with van der Waals surface area (Å²) >= 11 is 0. The second-order valence-electron chi connectivity index (χ2n) is 3.37. The van der Waals surface area contributed by atoms with Crippen LogP contribution in [0.3, 0.4) is 0 Å². The molecule has 0 aromatic rings. The van der Waals surface area contributed by atoms with Gasteiger partial charge in [0.1, 0.15) is 0 Å². The maximum atomic E-state index is 8.81. The van der Waals surface area contributed by atoms with Gasteiger partial charge in [0, 0.05) is 12.6 Å². The standard InChI is InChI=1S/C8H17N3O2/c9-8(10-13)6-11(4-5-12)7-2-1-3-7/h7,12-13H,1-6H2,(H2,9,10). The van der Waals surface area contributed by atoms with Gasteiger partial charge < -0.3 is 16.0 Å². The predicted octanol–water partition coefficient (Wildman–Crippen LogP) is -0.420. The van der Waals surface area contributed by atoms with E-state index in [-0.39, 0.29) is 12.4 Å². The topological polar surface area (TPSA) is 82.1 Å². The van der Waals surface area contributed by atoms with E-state index in [1.807, 2.05) is 0 Å². The molecule has 0 aliphatic heterocycles. The SMILES string of the molecule is NC(CN(CCO)C1CCC1)=NO. The van der Waals surface area contributed by atoms with E-state index in [1.54, 1.807) is 0 Å². The first-order valence-corrected chi connectivity index (χ1v) is 4.59. The zero-order valence-corrected chi connectivity index (χ0v) is 7.69. The summed E-state index contributed by atoms with van der Waals surface area (Å²) in [6.07, 6.45) is 3.54. The molecule has 0 aromatic carbocycles. The molecule has 13 heavy (non-hydrogen) atoms. The van der Waals surface area contributed by atoms with Crippen LogP contribution in [-0.4, -0.2) is 46.8 Å². The van der Waals surface area contributed by atoms with Crippen molar-refractivity contribution in [2.45, 2.75) is 25.3 Å². The third-order valence-corrected chi connectivity index (χ3v) is 2.47. The number of nitrogens with zero attached hydrogens (tertiary/aromatic N) is 2. The predicted molar refractivity (Wildman–Crippen MR) is 49.7 cm³/mol. The van der Waals surface area contributed by atoms with E-state index < -0.39 is 0 Å². The average molecular weight is 187 g/mol. The van der Waals surface area contributed by atoms with Gasteiger partial charge in [-0.15, -0.1) is 0 Å². The molecule has 1 aliphatic carbocycles. The smallest absolute Gasteiger partial charge is 0.153 e. The van der Waals surface area contributed by atoms with Crippen molar-refractivity contribution in [2.24, 2.45) is 10.9 Å². The minimum Gasteiger partial charge on any atom is -0.409 e. The molecule has 0 spiro atoms. The first-order chi connectivity index (χ1) is 6.27. The van der Waals surface area contributed by atoms with Gasteiger partial charge in [-0.05, 0) is 12.8 Å². The fourth-order valence-electron chi connectivity index (χ4n) is 1.51. The van der Waals surface area contributed by atoms with E-state index in [9.17, 15) is 0 Å². The molecule has 0 radical (unpaired) electrons. The summed E-state index contributed by atoms with van der Waals surface area (Å²) in [6.45, 7) is 1.16. The van der Waals surface area contributed by atoms with Gasteiger partial charge in [0.05, 0.1) is 13.2 Å². The van der Waals surface area contributed by atoms with Crippen molar-refractivity contribution in [1.82, 2.24) is 4.90 Å². The Labute approximate surface area is 77.8 Å². The first-order valence-electron chi connectivity index (χ1n) is 4.59. The van der Waals surface area contributed by atoms with E-state index in [0.29, 0.717) is 19.1 Å². The van der Waals surface area contributed by atoms with Crippen LogP contribution in [0.1, 0.15) is 19.3 Å². The molecule has 0 unspecified atom stereocenters. The quantitative estimate of drug-likeness (QED) is 0.236. The Bertz CT molecular complexity index is 180. The van der Waals surface area contributed by atoms with Crippen molar-refractivity contribution >= 4 is 5.84 Å². The molecular formula is C8H17N3O2. The number of nitrogens with two attached hydrogens (primary N) is 1. The molecule has 4 N–H and O–H groups in total. The summed E-state index contributed by atoms with van der Waals surface area (Å²) in [4.78, 5) is 2.05. The lowest BCUT2D eigenvalue weighted by Gasteiger charge is -2.36. The van der Waals surface area contributed by atoms with Crippen LogP contribution in [0.4, 0.5) is 0 Å². The zero-order chi connectivity index (χ0) is 9.68. The van der Waals surface area contributed by atoms with E-state index in [0.717, 1.165) is 12.8 Å². The Hall–Kier alpha value is -0.810. The lowest BCUT2D eigenvalue weighted by molar-refractivity contribution is 0.116. The van der Waals surface area contributed by atoms with E-state index >= 15 is 0 Å². The molecule has 0 aromatic heterocycles. The molecule has 0 amide bonds. The summed E-state index contributed by atoms with van der Waals surface area (Å²) < 4.78 is 0. The number of aliphatic hydroxyl groups excluding tert-OH is 1. The molecular weight excluding hydrogens is 170 g/mol. The Balaban J connectivity index is 2.36. The maximum absolute atomic E-state index is 8.81. The van der Waals surface area contributed by atoms with E-state index in [1.165, 1.54) is 6.42 Å². The molecule has 0 saturated heterocycles. The summed E-state index contributed by atoms with van der Waals surface area (Å²) in [6, 6.07) is 0.507. The highest BCUT2D eigenvalue weighted by molar-refractivity contribution is 5.81. The lowest BCUT2D eigenvalue weighted by Crippen LogP contribution is -2.46. The minimum absolute atomic E-state index is 0.120. The molecule has 76 valence electrons. The number of hydrogen-bond acceptors (Lipinski definition) is 4. The van der Waals surface area contributed by atoms with Crippen LogP contribution in [0.15, 0.2) is 5.16 Å². The number of amidine groups is 1. The third-order valence-electron chi connectivity index (χ3n) is 2.47. The lowest BCUT2D eigenvalue weighted by atomic mass is 9.91. The molecule has 1 aliphatic rings. The van der Waals surface area contributed by atoms with Gasteiger partial charge in [-0.3, -0.25) is 4.90 Å². The molecule has 1 saturated carbocycles. The van der Waals surface area contributed by atoms with Crippen molar-refractivity contribution in [1.29, 1.82) is 0 Å². The van der Waals surface area contributed by atoms with Crippen LogP contribution in [0.5, 0.6) is 0 Å². The fourth-order valence-corrected chi connectivity index (χ4v) is 1.51. The van der Waals surface area contributed by atoms with Gasteiger partial charge in [0.25, 0.3) is 0 Å². The maximum Gasteiger partial charge on any atom is 0.153 e. The van der Waals surface area contributed by atoms with Gasteiger partial charge in [0.2, 0.25) is 0 Å². The molecule has 1 fully saturated rings. The first kappa shape index (κ1) is 10.3. The van der Waals surface area contributed by atoms with Gasteiger partial charge in [-0.25, -0.2) is 0 Å². The van der Waals surface area contributed by atoms with Crippen LogP contribution in [0.2, 0.25) is 0 Å². The van der Waals surface area contributed by atoms with Gasteiger partial charge in [-0.1, -0.05) is 11.6 Å². The molecule has 0 heterocycles. The number of hydrogen-bond donors (Lipinski definition) is 3. The van der Waals surface area contributed by atoms with Crippen molar-refractivity contribution in [3.8, 4) is 0 Å². The average Bonchev–Trinajstić information content (AvgIpc) is 2.01. The van der Waals surface area contributed by atoms with Crippen LogP contribution in [-0.2, 0) is 0 Å². The summed E-state index contributed by atoms with van der Waals surface area (Å²) in [5.41, 5.74) is 5.40. The Morgan fingerprint density at radius 3 is 2.62 bits per heavy atom. The van der Waals surface area contributed by atoms with Crippen LogP contribution in [0.25, 0.3) is 0 Å². The van der Waals surface area contributed by atoms with Crippen molar-refractivity contribution < 1.29 is 10.3 Å². The van der Waals surface area contributed by atoms with Crippen LogP contribution >= 0.6 is 0 Å². The molecule has 1 rings (SSSR count). The molecule has 5 heteroatoms. The van der Waals surface area contributed by atoms with Gasteiger partial charge in [0.15, 0.2) is 5.84 Å².